The first-order valence-electron chi connectivity index (χ1n) is 5.73. The maximum atomic E-state index is 5.50. The summed E-state index contributed by atoms with van der Waals surface area (Å²) in [6, 6.07) is 10.3. The summed E-state index contributed by atoms with van der Waals surface area (Å²) in [5.74, 6) is 0.893. The SMILES string of the molecule is CC1(C)COC(SC/C=C/c2ccccc2)=N1. The van der Waals surface area contributed by atoms with Crippen molar-refractivity contribution in [1.82, 2.24) is 0 Å². The molecule has 0 saturated heterocycles. The molecule has 1 aliphatic heterocycles. The third-order valence-corrected chi connectivity index (χ3v) is 3.17. The monoisotopic (exact) mass is 247 g/mol. The molecule has 17 heavy (non-hydrogen) atoms. The van der Waals surface area contributed by atoms with Crippen LogP contribution in [0.4, 0.5) is 0 Å². The van der Waals surface area contributed by atoms with E-state index in [-0.39, 0.29) is 5.54 Å². The lowest BCUT2D eigenvalue weighted by Crippen LogP contribution is -2.17. The highest BCUT2D eigenvalue weighted by molar-refractivity contribution is 8.13. The Morgan fingerprint density at radius 2 is 2.12 bits per heavy atom. The largest absolute Gasteiger partial charge is 0.470 e. The number of hydrogen-bond acceptors (Lipinski definition) is 3. The van der Waals surface area contributed by atoms with E-state index in [1.807, 2.05) is 18.2 Å². The number of benzene rings is 1. The topological polar surface area (TPSA) is 21.6 Å². The van der Waals surface area contributed by atoms with E-state index in [2.05, 4.69) is 43.1 Å². The molecule has 0 aliphatic carbocycles. The van der Waals surface area contributed by atoms with E-state index in [0.29, 0.717) is 6.61 Å². The van der Waals surface area contributed by atoms with Crippen LogP contribution in [0.3, 0.4) is 0 Å². The average Bonchev–Trinajstić information content (AvgIpc) is 2.66. The molecule has 0 unspecified atom stereocenters. The van der Waals surface area contributed by atoms with Gasteiger partial charge in [0.1, 0.15) is 6.61 Å². The van der Waals surface area contributed by atoms with Crippen molar-refractivity contribution in [2.24, 2.45) is 4.99 Å². The molecule has 0 saturated carbocycles. The molecule has 0 fully saturated rings. The molecule has 0 amide bonds. The Morgan fingerprint density at radius 3 is 2.76 bits per heavy atom. The summed E-state index contributed by atoms with van der Waals surface area (Å²) in [5, 5.41) is 0.813. The number of nitrogens with zero attached hydrogens (tertiary/aromatic N) is 1. The second kappa shape index (κ2) is 5.41. The molecule has 0 radical (unpaired) electrons. The number of aliphatic imine (C=N–C) groups is 1. The predicted molar refractivity (Wildman–Crippen MR) is 75.4 cm³/mol. The van der Waals surface area contributed by atoms with Crippen LogP contribution in [0.25, 0.3) is 6.08 Å². The summed E-state index contributed by atoms with van der Waals surface area (Å²) >= 11 is 1.65. The van der Waals surface area contributed by atoms with Crippen LogP contribution < -0.4 is 0 Å². The molecule has 0 atom stereocenters. The van der Waals surface area contributed by atoms with Crippen molar-refractivity contribution in [2.75, 3.05) is 12.4 Å². The molecule has 0 aromatic heterocycles. The van der Waals surface area contributed by atoms with E-state index in [1.165, 1.54) is 5.56 Å². The van der Waals surface area contributed by atoms with Gasteiger partial charge in [-0.1, -0.05) is 54.2 Å². The minimum atomic E-state index is -0.0501. The molecule has 3 heteroatoms. The summed E-state index contributed by atoms with van der Waals surface area (Å²) in [6.07, 6.45) is 4.25. The van der Waals surface area contributed by atoms with Gasteiger partial charge in [-0.05, 0) is 19.4 Å². The summed E-state index contributed by atoms with van der Waals surface area (Å²) in [6.45, 7) is 4.86. The zero-order valence-electron chi connectivity index (χ0n) is 10.2. The maximum Gasteiger partial charge on any atom is 0.246 e. The highest BCUT2D eigenvalue weighted by Crippen LogP contribution is 2.22. The van der Waals surface area contributed by atoms with E-state index in [0.717, 1.165) is 11.0 Å². The number of ether oxygens (including phenoxy) is 1. The van der Waals surface area contributed by atoms with Crippen molar-refractivity contribution < 1.29 is 4.74 Å². The molecule has 0 spiro atoms. The Balaban J connectivity index is 1.79. The lowest BCUT2D eigenvalue weighted by atomic mass is 10.1. The quantitative estimate of drug-likeness (QED) is 0.814. The third kappa shape index (κ3) is 3.93. The van der Waals surface area contributed by atoms with Crippen LogP contribution in [0.5, 0.6) is 0 Å². The second-order valence-corrected chi connectivity index (χ2v) is 5.57. The highest BCUT2D eigenvalue weighted by atomic mass is 32.2. The van der Waals surface area contributed by atoms with Crippen LogP contribution in [0.15, 0.2) is 41.4 Å². The molecule has 1 heterocycles. The zero-order valence-corrected chi connectivity index (χ0v) is 11.0. The standard InChI is InChI=1S/C14H17NOS/c1-14(2)11-16-13(15-14)17-10-6-9-12-7-4-3-5-8-12/h3-9H,10-11H2,1-2H3/b9-6+. The van der Waals surface area contributed by atoms with Gasteiger partial charge in [-0.15, -0.1) is 0 Å². The molecule has 0 N–H and O–H groups in total. The molecule has 0 bridgehead atoms. The van der Waals surface area contributed by atoms with Gasteiger partial charge >= 0.3 is 0 Å². The number of thioether (sulfide) groups is 1. The molecule has 1 aromatic carbocycles. The molecule has 1 aliphatic rings. The van der Waals surface area contributed by atoms with Crippen molar-refractivity contribution >= 4 is 23.1 Å². The van der Waals surface area contributed by atoms with Crippen LogP contribution in [0, 0.1) is 0 Å². The van der Waals surface area contributed by atoms with E-state index in [4.69, 9.17) is 4.74 Å². The minimum absolute atomic E-state index is 0.0501. The Kier molecular flexibility index (Phi) is 3.89. The van der Waals surface area contributed by atoms with E-state index < -0.39 is 0 Å². The predicted octanol–water partition coefficient (Wildman–Crippen LogP) is 3.60. The Morgan fingerprint density at radius 1 is 1.35 bits per heavy atom. The van der Waals surface area contributed by atoms with Gasteiger partial charge < -0.3 is 4.74 Å². The van der Waals surface area contributed by atoms with E-state index >= 15 is 0 Å². The lowest BCUT2D eigenvalue weighted by Gasteiger charge is -2.07. The third-order valence-electron chi connectivity index (χ3n) is 2.36. The van der Waals surface area contributed by atoms with Crippen LogP contribution in [-0.4, -0.2) is 23.1 Å². The Hall–Kier alpha value is -1.22. The molecule has 90 valence electrons. The summed E-state index contributed by atoms with van der Waals surface area (Å²) < 4.78 is 5.50. The van der Waals surface area contributed by atoms with Gasteiger partial charge in [-0.2, -0.15) is 0 Å². The van der Waals surface area contributed by atoms with Gasteiger partial charge in [0.25, 0.3) is 0 Å². The van der Waals surface area contributed by atoms with Gasteiger partial charge in [0, 0.05) is 5.75 Å². The highest BCUT2D eigenvalue weighted by Gasteiger charge is 2.25. The molecule has 2 nitrogen and oxygen atoms in total. The first-order chi connectivity index (χ1) is 8.16. The van der Waals surface area contributed by atoms with Crippen molar-refractivity contribution in [1.29, 1.82) is 0 Å². The van der Waals surface area contributed by atoms with Crippen LogP contribution in [0.2, 0.25) is 0 Å². The molecular formula is C14H17NOS. The Labute approximate surface area is 107 Å². The smallest absolute Gasteiger partial charge is 0.246 e. The van der Waals surface area contributed by atoms with Gasteiger partial charge in [-0.25, -0.2) is 4.99 Å². The first kappa shape index (κ1) is 12.2. The van der Waals surface area contributed by atoms with E-state index in [9.17, 15) is 0 Å². The van der Waals surface area contributed by atoms with Crippen molar-refractivity contribution in [3.8, 4) is 0 Å². The normalized spacial score (nSPS) is 18.1. The Bertz CT molecular complexity index is 423. The van der Waals surface area contributed by atoms with Crippen molar-refractivity contribution in [3.05, 3.63) is 42.0 Å². The molecule has 2 rings (SSSR count). The second-order valence-electron chi connectivity index (χ2n) is 4.60. The van der Waals surface area contributed by atoms with Gasteiger partial charge in [0.05, 0.1) is 5.54 Å². The zero-order chi connectivity index (χ0) is 12.1. The summed E-state index contributed by atoms with van der Waals surface area (Å²) in [4.78, 5) is 4.49. The average molecular weight is 247 g/mol. The van der Waals surface area contributed by atoms with Crippen LogP contribution in [0.1, 0.15) is 19.4 Å². The summed E-state index contributed by atoms with van der Waals surface area (Å²) in [5.41, 5.74) is 1.17. The van der Waals surface area contributed by atoms with Crippen LogP contribution in [-0.2, 0) is 4.74 Å². The van der Waals surface area contributed by atoms with Gasteiger partial charge in [0.2, 0.25) is 5.23 Å². The van der Waals surface area contributed by atoms with Gasteiger partial charge in [-0.3, -0.25) is 0 Å². The fourth-order valence-electron chi connectivity index (χ4n) is 1.49. The maximum absolute atomic E-state index is 5.50. The fourth-order valence-corrected chi connectivity index (χ4v) is 2.28. The summed E-state index contributed by atoms with van der Waals surface area (Å²) in [7, 11) is 0. The fraction of sp³-hybridized carbons (Fsp3) is 0.357. The first-order valence-corrected chi connectivity index (χ1v) is 6.71. The van der Waals surface area contributed by atoms with Gasteiger partial charge in [0.15, 0.2) is 0 Å². The minimum Gasteiger partial charge on any atom is -0.470 e. The van der Waals surface area contributed by atoms with E-state index in [1.54, 1.807) is 11.8 Å². The number of rotatable bonds is 3. The molecule has 1 aromatic rings. The molecular weight excluding hydrogens is 230 g/mol. The van der Waals surface area contributed by atoms with Crippen LogP contribution >= 0.6 is 11.8 Å². The van der Waals surface area contributed by atoms with Crippen molar-refractivity contribution in [2.45, 2.75) is 19.4 Å². The number of hydrogen-bond donors (Lipinski definition) is 0. The lowest BCUT2D eigenvalue weighted by molar-refractivity contribution is 0.284. The van der Waals surface area contributed by atoms with Crippen molar-refractivity contribution in [3.63, 3.8) is 0 Å².